The number of rotatable bonds is 5. The Labute approximate surface area is 110 Å². The fraction of sp³-hybridized carbons (Fsp3) is 0.929. The van der Waals surface area contributed by atoms with Crippen LogP contribution in [0.3, 0.4) is 0 Å². The first-order valence-electron chi connectivity index (χ1n) is 6.91. The molecule has 0 aromatic rings. The number of carbonyl (C=O) groups excluding carboxylic acids is 1. The molecule has 1 atom stereocenters. The molecule has 1 saturated carbocycles. The van der Waals surface area contributed by atoms with Crippen LogP contribution in [0.15, 0.2) is 0 Å². The Bertz CT molecular complexity index is 270. The molecule has 106 valence electrons. The van der Waals surface area contributed by atoms with E-state index in [0.717, 1.165) is 25.7 Å². The highest BCUT2D eigenvalue weighted by Crippen LogP contribution is 2.31. The molecule has 0 aliphatic heterocycles. The quantitative estimate of drug-likeness (QED) is 0.736. The van der Waals surface area contributed by atoms with Crippen molar-refractivity contribution in [2.45, 2.75) is 58.1 Å². The topological polar surface area (TPSA) is 58.6 Å². The number of carbonyl (C=O) groups is 1. The number of hydrogen-bond donors (Lipinski definition) is 2. The zero-order valence-corrected chi connectivity index (χ0v) is 12.0. The summed E-state index contributed by atoms with van der Waals surface area (Å²) in [6, 6.07) is -0.335. The lowest BCUT2D eigenvalue weighted by Gasteiger charge is -2.36. The maximum atomic E-state index is 11.6. The van der Waals surface area contributed by atoms with E-state index in [1.54, 1.807) is 0 Å². The predicted octanol–water partition coefficient (Wildman–Crippen LogP) is 1.71. The van der Waals surface area contributed by atoms with Crippen LogP contribution in [0.25, 0.3) is 0 Å². The Balaban J connectivity index is 2.49. The second kappa shape index (κ2) is 6.53. The van der Waals surface area contributed by atoms with Crippen LogP contribution in [0.1, 0.15) is 46.5 Å². The van der Waals surface area contributed by atoms with Crippen molar-refractivity contribution >= 4 is 5.97 Å². The van der Waals surface area contributed by atoms with Crippen LogP contribution in [0, 0.1) is 11.8 Å². The molecule has 0 bridgehead atoms. The minimum absolute atomic E-state index is 0.156. The predicted molar refractivity (Wildman–Crippen MR) is 71.2 cm³/mol. The molecule has 0 saturated heterocycles. The van der Waals surface area contributed by atoms with Gasteiger partial charge < -0.3 is 15.2 Å². The van der Waals surface area contributed by atoms with Crippen molar-refractivity contribution in [2.75, 3.05) is 13.7 Å². The first kappa shape index (κ1) is 15.4. The Morgan fingerprint density at radius 3 is 2.44 bits per heavy atom. The highest BCUT2D eigenvalue weighted by molar-refractivity contribution is 5.75. The molecule has 0 amide bonds. The first-order valence-corrected chi connectivity index (χ1v) is 6.91. The molecule has 1 unspecified atom stereocenters. The Kier molecular flexibility index (Phi) is 5.60. The third kappa shape index (κ3) is 4.25. The van der Waals surface area contributed by atoms with E-state index in [0.29, 0.717) is 12.5 Å². The van der Waals surface area contributed by atoms with Crippen molar-refractivity contribution in [3.63, 3.8) is 0 Å². The maximum Gasteiger partial charge on any atom is 0.323 e. The minimum atomic E-state index is -0.659. The lowest BCUT2D eigenvalue weighted by molar-refractivity contribution is -0.144. The first-order chi connectivity index (χ1) is 8.38. The summed E-state index contributed by atoms with van der Waals surface area (Å²) in [5, 5.41) is 13.6. The average Bonchev–Trinajstić information content (AvgIpc) is 2.33. The molecule has 0 spiro atoms. The summed E-state index contributed by atoms with van der Waals surface area (Å²) in [4.78, 5) is 11.6. The summed E-state index contributed by atoms with van der Waals surface area (Å²) in [6.07, 6.45) is 3.74. The van der Waals surface area contributed by atoms with Gasteiger partial charge in [-0.05, 0) is 37.5 Å². The maximum absolute atomic E-state index is 11.6. The lowest BCUT2D eigenvalue weighted by atomic mass is 9.79. The Morgan fingerprint density at radius 1 is 1.44 bits per heavy atom. The van der Waals surface area contributed by atoms with Gasteiger partial charge in [-0.1, -0.05) is 20.8 Å². The molecule has 1 aliphatic carbocycles. The summed E-state index contributed by atoms with van der Waals surface area (Å²) < 4.78 is 4.78. The third-order valence-corrected chi connectivity index (χ3v) is 3.98. The van der Waals surface area contributed by atoms with Gasteiger partial charge in [0.05, 0.1) is 12.7 Å². The molecule has 4 heteroatoms. The fourth-order valence-electron chi connectivity index (χ4n) is 2.49. The molecule has 0 aromatic carbocycles. The number of ether oxygens (including phenoxy) is 1. The average molecular weight is 257 g/mol. The van der Waals surface area contributed by atoms with E-state index in [1.807, 2.05) is 13.8 Å². The van der Waals surface area contributed by atoms with E-state index in [1.165, 1.54) is 7.11 Å². The monoisotopic (exact) mass is 257 g/mol. The largest absolute Gasteiger partial charge is 0.468 e. The SMILES string of the molecule is COC(=O)C(NCC1(O)CCC(C)CC1)C(C)C. The van der Waals surface area contributed by atoms with Crippen molar-refractivity contribution in [2.24, 2.45) is 11.8 Å². The summed E-state index contributed by atoms with van der Waals surface area (Å²) in [5.41, 5.74) is -0.659. The van der Waals surface area contributed by atoms with Gasteiger partial charge in [0.2, 0.25) is 0 Å². The van der Waals surface area contributed by atoms with Crippen LogP contribution in [0.5, 0.6) is 0 Å². The molecule has 0 aromatic heterocycles. The molecular formula is C14H27NO3. The Morgan fingerprint density at radius 2 is 2.00 bits per heavy atom. The van der Waals surface area contributed by atoms with Gasteiger partial charge in [0, 0.05) is 6.54 Å². The van der Waals surface area contributed by atoms with Crippen LogP contribution >= 0.6 is 0 Å². The zero-order chi connectivity index (χ0) is 13.8. The molecule has 1 aliphatic rings. The van der Waals surface area contributed by atoms with Gasteiger partial charge in [-0.2, -0.15) is 0 Å². The van der Waals surface area contributed by atoms with Crippen LogP contribution in [0.4, 0.5) is 0 Å². The van der Waals surface area contributed by atoms with E-state index in [2.05, 4.69) is 12.2 Å². The lowest BCUT2D eigenvalue weighted by Crippen LogP contribution is -2.50. The van der Waals surface area contributed by atoms with E-state index in [9.17, 15) is 9.90 Å². The van der Waals surface area contributed by atoms with Crippen molar-refractivity contribution < 1.29 is 14.6 Å². The highest BCUT2D eigenvalue weighted by atomic mass is 16.5. The van der Waals surface area contributed by atoms with Crippen molar-refractivity contribution in [3.05, 3.63) is 0 Å². The van der Waals surface area contributed by atoms with Crippen molar-refractivity contribution in [1.82, 2.24) is 5.32 Å². The second-order valence-corrected chi connectivity index (χ2v) is 6.03. The van der Waals surface area contributed by atoms with E-state index in [-0.39, 0.29) is 17.9 Å². The van der Waals surface area contributed by atoms with E-state index in [4.69, 9.17) is 4.74 Å². The standard InChI is InChI=1S/C14H27NO3/c1-10(2)12(13(16)18-4)15-9-14(17)7-5-11(3)6-8-14/h10-12,15,17H,5-9H2,1-4H3. The molecule has 0 radical (unpaired) electrons. The number of aliphatic hydroxyl groups is 1. The van der Waals surface area contributed by atoms with Gasteiger partial charge in [0.15, 0.2) is 0 Å². The molecular weight excluding hydrogens is 230 g/mol. The van der Waals surface area contributed by atoms with Gasteiger partial charge >= 0.3 is 5.97 Å². The van der Waals surface area contributed by atoms with Crippen molar-refractivity contribution in [1.29, 1.82) is 0 Å². The molecule has 1 fully saturated rings. The molecule has 2 N–H and O–H groups in total. The minimum Gasteiger partial charge on any atom is -0.468 e. The summed E-state index contributed by atoms with van der Waals surface area (Å²) in [7, 11) is 1.40. The van der Waals surface area contributed by atoms with E-state index >= 15 is 0 Å². The zero-order valence-electron chi connectivity index (χ0n) is 12.0. The number of hydrogen-bond acceptors (Lipinski definition) is 4. The van der Waals surface area contributed by atoms with Crippen LogP contribution in [-0.2, 0) is 9.53 Å². The summed E-state index contributed by atoms with van der Waals surface area (Å²) >= 11 is 0. The Hall–Kier alpha value is -0.610. The smallest absolute Gasteiger partial charge is 0.323 e. The van der Waals surface area contributed by atoms with Gasteiger partial charge in [-0.25, -0.2) is 0 Å². The summed E-state index contributed by atoms with van der Waals surface area (Å²) in [5.74, 6) is 0.605. The van der Waals surface area contributed by atoms with Crippen LogP contribution in [-0.4, -0.2) is 36.4 Å². The fourth-order valence-corrected chi connectivity index (χ4v) is 2.49. The summed E-state index contributed by atoms with van der Waals surface area (Å²) in [6.45, 7) is 6.64. The van der Waals surface area contributed by atoms with Gasteiger partial charge in [0.25, 0.3) is 0 Å². The molecule has 4 nitrogen and oxygen atoms in total. The normalized spacial score (nSPS) is 30.2. The second-order valence-electron chi connectivity index (χ2n) is 6.03. The number of methoxy groups -OCH3 is 1. The number of esters is 1. The van der Waals surface area contributed by atoms with Gasteiger partial charge in [-0.3, -0.25) is 4.79 Å². The van der Waals surface area contributed by atoms with Gasteiger partial charge in [0.1, 0.15) is 6.04 Å². The number of nitrogens with one attached hydrogen (secondary N) is 1. The molecule has 0 heterocycles. The third-order valence-electron chi connectivity index (χ3n) is 3.98. The molecule has 18 heavy (non-hydrogen) atoms. The highest BCUT2D eigenvalue weighted by Gasteiger charge is 2.33. The van der Waals surface area contributed by atoms with Crippen LogP contribution in [0.2, 0.25) is 0 Å². The molecule has 1 rings (SSSR count). The van der Waals surface area contributed by atoms with E-state index < -0.39 is 5.60 Å². The van der Waals surface area contributed by atoms with Gasteiger partial charge in [-0.15, -0.1) is 0 Å². The van der Waals surface area contributed by atoms with Crippen LogP contribution < -0.4 is 5.32 Å². The van der Waals surface area contributed by atoms with Crippen molar-refractivity contribution in [3.8, 4) is 0 Å².